The Morgan fingerprint density at radius 1 is 1.39 bits per heavy atom. The van der Waals surface area contributed by atoms with E-state index >= 15 is 4.11 Å². The third kappa shape index (κ3) is 2.19. The Bertz CT molecular complexity index is 633. The van der Waals surface area contributed by atoms with Gasteiger partial charge in [-0.25, -0.2) is 0 Å². The van der Waals surface area contributed by atoms with Crippen molar-refractivity contribution in [2.45, 2.75) is 43.7 Å². The van der Waals surface area contributed by atoms with Crippen molar-refractivity contribution in [3.63, 3.8) is 0 Å². The number of nitrogens with zero attached hydrogens (tertiary/aromatic N) is 1. The van der Waals surface area contributed by atoms with Crippen molar-refractivity contribution in [1.29, 1.82) is 0 Å². The van der Waals surface area contributed by atoms with Gasteiger partial charge in [0.2, 0.25) is 8.41 Å². The van der Waals surface area contributed by atoms with Gasteiger partial charge in [0, 0.05) is 30.7 Å². The number of ether oxygens (including phenoxy) is 1. The Morgan fingerprint density at radius 2 is 2.04 bits per heavy atom. The number of hydrogen-bond acceptors (Lipinski definition) is 3. The lowest BCUT2D eigenvalue weighted by Gasteiger charge is -2.30. The van der Waals surface area contributed by atoms with E-state index in [-0.39, 0.29) is 24.0 Å². The van der Waals surface area contributed by atoms with Crippen LogP contribution in [0.5, 0.6) is 0 Å². The maximum absolute atomic E-state index is 15.0. The number of halogens is 1. The predicted octanol–water partition coefficient (Wildman–Crippen LogP) is 2.82. The minimum atomic E-state index is -3.06. The molecule has 23 heavy (non-hydrogen) atoms. The predicted molar refractivity (Wildman–Crippen MR) is 89.6 cm³/mol. The van der Waals surface area contributed by atoms with E-state index in [1.807, 2.05) is 31.2 Å². The molecule has 6 heteroatoms. The molecule has 2 aliphatic heterocycles. The number of carbonyl (C=O) groups excluding carboxylic acids is 1. The molecule has 3 rings (SSSR count). The van der Waals surface area contributed by atoms with Crippen LogP contribution in [-0.2, 0) is 15.1 Å². The largest absolute Gasteiger partial charge is 0.396 e. The van der Waals surface area contributed by atoms with E-state index in [4.69, 9.17) is 4.74 Å². The molecule has 0 aliphatic carbocycles. The molecule has 0 unspecified atom stereocenters. The van der Waals surface area contributed by atoms with Gasteiger partial charge in [0.15, 0.2) is 5.60 Å². The van der Waals surface area contributed by atoms with Gasteiger partial charge in [-0.05, 0) is 25.6 Å². The number of aliphatic hydroxyl groups is 1. The molecule has 126 valence electrons. The monoisotopic (exact) mass is 337 g/mol. The topological polar surface area (TPSA) is 49.8 Å². The average Bonchev–Trinajstić information content (AvgIpc) is 2.89. The summed E-state index contributed by atoms with van der Waals surface area (Å²) in [5.41, 5.74) is 0.208. The molecule has 0 aromatic heterocycles. The van der Waals surface area contributed by atoms with Gasteiger partial charge in [0.05, 0.1) is 11.8 Å². The standard InChI is InChI=1S/C17H24FNO3Si/c1-11-15(23(3,4)18)14(9-10-20)22-17(11)12-7-5-6-8-13(12)19(2)16(17)21/h5-8,11,14-15,20H,9-10H2,1-4H3/t11-,14+,15-,17+/m1/s1. The van der Waals surface area contributed by atoms with Crippen molar-refractivity contribution in [2.75, 3.05) is 18.6 Å². The third-order valence-corrected chi connectivity index (χ3v) is 7.87. The van der Waals surface area contributed by atoms with E-state index < -0.39 is 20.1 Å². The highest BCUT2D eigenvalue weighted by atomic mass is 28.4. The zero-order valence-corrected chi connectivity index (χ0v) is 15.0. The molecule has 1 fully saturated rings. The summed E-state index contributed by atoms with van der Waals surface area (Å²) in [5.74, 6) is -0.390. The first-order valence-corrected chi connectivity index (χ1v) is 11.1. The van der Waals surface area contributed by atoms with Crippen molar-refractivity contribution in [3.8, 4) is 0 Å². The Balaban J connectivity index is 2.14. The van der Waals surface area contributed by atoms with Crippen molar-refractivity contribution >= 4 is 20.0 Å². The van der Waals surface area contributed by atoms with Crippen molar-refractivity contribution in [1.82, 2.24) is 0 Å². The summed E-state index contributed by atoms with van der Waals surface area (Å²) in [6.45, 7) is 5.18. The van der Waals surface area contributed by atoms with Crippen LogP contribution < -0.4 is 4.90 Å². The van der Waals surface area contributed by atoms with Gasteiger partial charge in [0.1, 0.15) is 0 Å². The van der Waals surface area contributed by atoms with Gasteiger partial charge in [-0.2, -0.15) is 0 Å². The minimum absolute atomic E-state index is 0.0693. The maximum Gasteiger partial charge on any atom is 0.264 e. The Kier molecular flexibility index (Phi) is 3.90. The highest BCUT2D eigenvalue weighted by Crippen LogP contribution is 2.59. The van der Waals surface area contributed by atoms with Crippen LogP contribution in [0, 0.1) is 5.92 Å². The number of para-hydroxylation sites is 1. The SMILES string of the molecule is C[C@@H]1[C@@H]([Si](C)(C)F)[C@H](CCO)O[C@@]12C(=O)N(C)c1ccccc12. The zero-order valence-electron chi connectivity index (χ0n) is 14.0. The molecular formula is C17H24FNO3Si. The summed E-state index contributed by atoms with van der Waals surface area (Å²) in [6, 6.07) is 7.57. The quantitative estimate of drug-likeness (QED) is 0.681. The van der Waals surface area contributed by atoms with Crippen LogP contribution in [0.4, 0.5) is 9.80 Å². The van der Waals surface area contributed by atoms with Gasteiger partial charge < -0.3 is 18.9 Å². The number of amides is 1. The minimum Gasteiger partial charge on any atom is -0.396 e. The molecule has 2 aliphatic rings. The summed E-state index contributed by atoms with van der Waals surface area (Å²) in [5, 5.41) is 9.36. The lowest BCUT2D eigenvalue weighted by Crippen LogP contribution is -2.44. The van der Waals surface area contributed by atoms with Crippen LogP contribution >= 0.6 is 0 Å². The first-order valence-electron chi connectivity index (χ1n) is 8.10. The van der Waals surface area contributed by atoms with Crippen molar-refractivity contribution < 1.29 is 18.7 Å². The number of fused-ring (bicyclic) bond motifs is 2. The molecule has 0 saturated carbocycles. The first kappa shape index (κ1) is 16.6. The average molecular weight is 337 g/mol. The molecule has 1 aromatic rings. The van der Waals surface area contributed by atoms with E-state index in [1.54, 1.807) is 25.0 Å². The molecule has 2 heterocycles. The normalized spacial score (nSPS) is 33.6. The molecule has 0 radical (unpaired) electrons. The Labute approximate surface area is 137 Å². The summed E-state index contributed by atoms with van der Waals surface area (Å²) < 4.78 is 21.3. The molecule has 1 aromatic carbocycles. The van der Waals surface area contributed by atoms with E-state index in [0.717, 1.165) is 11.3 Å². The first-order chi connectivity index (χ1) is 10.7. The van der Waals surface area contributed by atoms with Crippen LogP contribution in [0.25, 0.3) is 0 Å². The van der Waals surface area contributed by atoms with Gasteiger partial charge in [-0.3, -0.25) is 4.79 Å². The number of rotatable bonds is 3. The number of aliphatic hydroxyl groups excluding tert-OH is 1. The second-order valence-electron chi connectivity index (χ2n) is 7.16. The Hall–Kier alpha value is -1.24. The van der Waals surface area contributed by atoms with Crippen LogP contribution in [0.15, 0.2) is 24.3 Å². The number of carbonyl (C=O) groups is 1. The van der Waals surface area contributed by atoms with E-state index in [9.17, 15) is 9.90 Å². The van der Waals surface area contributed by atoms with Crippen LogP contribution in [-0.4, -0.2) is 39.2 Å². The summed E-state index contributed by atoms with van der Waals surface area (Å²) in [4.78, 5) is 14.7. The third-order valence-electron chi connectivity index (χ3n) is 5.41. The van der Waals surface area contributed by atoms with Gasteiger partial charge >= 0.3 is 0 Å². The number of anilines is 1. The molecule has 1 spiro atoms. The molecular weight excluding hydrogens is 313 g/mol. The molecule has 1 saturated heterocycles. The maximum atomic E-state index is 15.0. The summed E-state index contributed by atoms with van der Waals surface area (Å²) in [6.07, 6.45) is -0.0684. The van der Waals surface area contributed by atoms with Gasteiger partial charge in [-0.1, -0.05) is 25.1 Å². The number of benzene rings is 1. The fourth-order valence-electron chi connectivity index (χ4n) is 4.50. The van der Waals surface area contributed by atoms with Crippen LogP contribution in [0.2, 0.25) is 18.6 Å². The highest BCUT2D eigenvalue weighted by Gasteiger charge is 2.66. The van der Waals surface area contributed by atoms with E-state index in [0.29, 0.717) is 6.42 Å². The fourth-order valence-corrected chi connectivity index (χ4v) is 7.05. The second kappa shape index (κ2) is 5.39. The van der Waals surface area contributed by atoms with Crippen LogP contribution in [0.3, 0.4) is 0 Å². The van der Waals surface area contributed by atoms with Gasteiger partial charge in [-0.15, -0.1) is 0 Å². The molecule has 1 N–H and O–H groups in total. The fraction of sp³-hybridized carbons (Fsp3) is 0.588. The van der Waals surface area contributed by atoms with E-state index in [1.165, 1.54) is 0 Å². The van der Waals surface area contributed by atoms with Crippen molar-refractivity contribution in [2.24, 2.45) is 5.92 Å². The molecule has 0 bridgehead atoms. The molecule has 4 nitrogen and oxygen atoms in total. The highest BCUT2D eigenvalue weighted by molar-refractivity contribution is 6.72. The lowest BCUT2D eigenvalue weighted by molar-refractivity contribution is -0.146. The Morgan fingerprint density at radius 3 is 2.65 bits per heavy atom. The molecule has 1 amide bonds. The number of likely N-dealkylation sites (N-methyl/N-ethyl adjacent to an activating group) is 1. The van der Waals surface area contributed by atoms with Crippen molar-refractivity contribution in [3.05, 3.63) is 29.8 Å². The van der Waals surface area contributed by atoms with Crippen LogP contribution in [0.1, 0.15) is 18.9 Å². The van der Waals surface area contributed by atoms with Gasteiger partial charge in [0.25, 0.3) is 5.91 Å². The van der Waals surface area contributed by atoms with E-state index in [2.05, 4.69) is 0 Å². The number of hydrogen-bond donors (Lipinski definition) is 1. The summed E-state index contributed by atoms with van der Waals surface area (Å²) >= 11 is 0. The summed E-state index contributed by atoms with van der Waals surface area (Å²) in [7, 11) is -1.33. The molecule has 4 atom stereocenters. The zero-order chi connectivity index (χ0) is 17.0. The smallest absolute Gasteiger partial charge is 0.264 e. The lowest BCUT2D eigenvalue weighted by atomic mass is 9.82. The second-order valence-corrected chi connectivity index (χ2v) is 11.0.